The highest BCUT2D eigenvalue weighted by atomic mass is 16.8. The summed E-state index contributed by atoms with van der Waals surface area (Å²) in [5.74, 6) is 0.634. The van der Waals surface area contributed by atoms with Crippen LogP contribution in [0.5, 0.6) is 0 Å². The smallest absolute Gasteiger partial charge is 0.226 e. The number of rotatable bonds is 10. The molecule has 18 heteroatoms. The molecule has 18 nitrogen and oxygen atoms in total. The monoisotopic (exact) mass is 703 g/mol. The molecule has 4 aliphatic rings. The van der Waals surface area contributed by atoms with Crippen molar-refractivity contribution in [2.75, 3.05) is 33.0 Å². The maximum absolute atomic E-state index is 11.1. The number of benzene rings is 1. The van der Waals surface area contributed by atoms with Gasteiger partial charge in [0.1, 0.15) is 73.7 Å². The van der Waals surface area contributed by atoms with Crippen molar-refractivity contribution in [1.82, 2.24) is 4.90 Å². The van der Waals surface area contributed by atoms with Crippen molar-refractivity contribution in [3.63, 3.8) is 0 Å². The van der Waals surface area contributed by atoms with Gasteiger partial charge in [-0.05, 0) is 31.5 Å². The Balaban J connectivity index is 1.33. The van der Waals surface area contributed by atoms with Crippen LogP contribution in [0, 0.1) is 11.8 Å². The lowest BCUT2D eigenvalue weighted by Crippen LogP contribution is -2.65. The zero-order valence-corrected chi connectivity index (χ0v) is 26.3. The Labute approximate surface area is 280 Å². The Morgan fingerprint density at radius 2 is 1.49 bits per heavy atom. The first-order chi connectivity index (χ1) is 23.3. The number of aliphatic hydroxyl groups excluding tert-OH is 11. The van der Waals surface area contributed by atoms with Crippen molar-refractivity contribution in [2.24, 2.45) is 0 Å². The highest BCUT2D eigenvalue weighted by Gasteiger charge is 2.64. The van der Waals surface area contributed by atoms with Crippen molar-refractivity contribution in [1.29, 1.82) is 0 Å². The van der Waals surface area contributed by atoms with Crippen molar-refractivity contribution in [2.45, 2.75) is 110 Å². The molecule has 1 aromatic rings. The van der Waals surface area contributed by atoms with Crippen LogP contribution in [0.15, 0.2) is 30.3 Å². The summed E-state index contributed by atoms with van der Waals surface area (Å²) in [6, 6.07) is 7.72. The molecule has 1 aromatic carbocycles. The van der Waals surface area contributed by atoms with Crippen molar-refractivity contribution in [3.8, 4) is 11.8 Å². The van der Waals surface area contributed by atoms with Crippen LogP contribution < -0.4 is 0 Å². The molecule has 0 aliphatic carbocycles. The number of ether oxygens (including phenoxy) is 5. The molecule has 4 saturated heterocycles. The van der Waals surface area contributed by atoms with Gasteiger partial charge in [-0.25, -0.2) is 0 Å². The maximum atomic E-state index is 11.1. The molecule has 0 amide bonds. The molecular formula is C31H45NO17. The fourth-order valence-corrected chi connectivity index (χ4v) is 6.55. The van der Waals surface area contributed by atoms with Crippen molar-refractivity contribution < 1.29 is 85.0 Å². The van der Waals surface area contributed by atoms with E-state index >= 15 is 0 Å². The van der Waals surface area contributed by atoms with E-state index < -0.39 is 111 Å². The number of hydrogen-bond acceptors (Lipinski definition) is 18. The average Bonchev–Trinajstić information content (AvgIpc) is 3.66. The lowest BCUT2D eigenvalue weighted by Gasteiger charge is -2.46. The summed E-state index contributed by atoms with van der Waals surface area (Å²) in [4.78, 5) is 1.84. The second kappa shape index (κ2) is 15.7. The highest BCUT2D eigenvalue weighted by Crippen LogP contribution is 2.40. The first-order valence-electron chi connectivity index (χ1n) is 15.9. The van der Waals surface area contributed by atoms with Crippen LogP contribution in [-0.4, -0.2) is 196 Å². The third kappa shape index (κ3) is 7.52. The van der Waals surface area contributed by atoms with Crippen LogP contribution in [-0.2, 0) is 23.7 Å². The topological polar surface area (TPSA) is 292 Å². The van der Waals surface area contributed by atoms with E-state index in [4.69, 9.17) is 23.7 Å². The first kappa shape index (κ1) is 38.3. The molecule has 4 fully saturated rings. The summed E-state index contributed by atoms with van der Waals surface area (Å²) in [5.41, 5.74) is 0.654. The fourth-order valence-electron chi connectivity index (χ4n) is 6.55. The Kier molecular flexibility index (Phi) is 12.3. The number of nitrogens with zero attached hydrogens (tertiary/aromatic N) is 1. The summed E-state index contributed by atoms with van der Waals surface area (Å²) >= 11 is 0. The number of aliphatic hydroxyl groups is 12. The lowest BCUT2D eigenvalue weighted by molar-refractivity contribution is -0.407. The van der Waals surface area contributed by atoms with Gasteiger partial charge in [-0.2, -0.15) is 0 Å². The van der Waals surface area contributed by atoms with Gasteiger partial charge in [-0.15, -0.1) is 0 Å². The van der Waals surface area contributed by atoms with Gasteiger partial charge in [0, 0.05) is 11.6 Å². The Morgan fingerprint density at radius 3 is 2.12 bits per heavy atom. The van der Waals surface area contributed by atoms with Crippen LogP contribution in [0.1, 0.15) is 18.4 Å². The van der Waals surface area contributed by atoms with E-state index in [1.165, 1.54) is 0 Å². The van der Waals surface area contributed by atoms with Crippen molar-refractivity contribution in [3.05, 3.63) is 35.9 Å². The summed E-state index contributed by atoms with van der Waals surface area (Å²) in [6.45, 7) is -2.90. The Morgan fingerprint density at radius 1 is 0.816 bits per heavy atom. The quantitative estimate of drug-likeness (QED) is 0.101. The molecular weight excluding hydrogens is 658 g/mol. The number of likely N-dealkylation sites (tertiary alicyclic amines) is 1. The standard InChI is InChI=1S/C31H45NO17/c33-11-16-7-4-10-32(16)17(9-8-15-5-2-1-3-6-15)25-22(39)21(38)23(40)28(47-25)45-12-18-19(36)20(37)24(41)29(46-18)48-31(14-35)27(43)26(42)30(44,13-34)49-31/h1-3,5-6,16-29,33-44H,4,7,10-14H2/t16-,17?,18+,19+,20-,21-,22+,23+,24+,25+,26-,27-,28-,29+,30+,31+/m0/s1. The molecule has 0 bridgehead atoms. The van der Waals surface area contributed by atoms with Crippen LogP contribution >= 0.6 is 0 Å². The first-order valence-corrected chi connectivity index (χ1v) is 15.9. The predicted molar refractivity (Wildman–Crippen MR) is 159 cm³/mol. The molecule has 276 valence electrons. The van der Waals surface area contributed by atoms with E-state index in [1.807, 2.05) is 11.0 Å². The van der Waals surface area contributed by atoms with Gasteiger partial charge in [0.2, 0.25) is 11.6 Å². The van der Waals surface area contributed by atoms with Gasteiger partial charge in [0.05, 0.1) is 19.8 Å². The van der Waals surface area contributed by atoms with E-state index in [0.29, 0.717) is 18.5 Å². The molecule has 0 spiro atoms. The summed E-state index contributed by atoms with van der Waals surface area (Å²) in [7, 11) is 0. The summed E-state index contributed by atoms with van der Waals surface area (Å²) in [5, 5.41) is 125. The molecule has 0 saturated carbocycles. The normalized spacial score (nSPS) is 45.2. The van der Waals surface area contributed by atoms with E-state index in [-0.39, 0.29) is 12.6 Å². The SMILES string of the molecule is OC[C@@H]1CCCN1C(C#Cc1ccccc1)[C@H]1O[C@H](OC[C@H]2O[C@H](O[C@]3(CO)O[C@](O)(CO)[C@@H](O)[C@@H]3O)[C@H](O)[C@@H](O)[C@@H]2O)[C@H](O)[C@@H](O)[C@H]1O. The van der Waals surface area contributed by atoms with Gasteiger partial charge in [0.25, 0.3) is 0 Å². The van der Waals surface area contributed by atoms with Gasteiger partial charge < -0.3 is 85.0 Å². The predicted octanol–water partition coefficient (Wildman–Crippen LogP) is -6.37. The van der Waals surface area contributed by atoms with Crippen LogP contribution in [0.3, 0.4) is 0 Å². The third-order valence-corrected chi connectivity index (χ3v) is 9.46. The fraction of sp³-hybridized carbons (Fsp3) is 0.742. The molecule has 49 heavy (non-hydrogen) atoms. The van der Waals surface area contributed by atoms with E-state index in [2.05, 4.69) is 11.8 Å². The Bertz CT molecular complexity index is 1290. The summed E-state index contributed by atoms with van der Waals surface area (Å²) < 4.78 is 27.7. The van der Waals surface area contributed by atoms with E-state index in [0.717, 1.165) is 6.42 Å². The molecule has 0 radical (unpaired) electrons. The molecule has 1 unspecified atom stereocenters. The molecule has 12 N–H and O–H groups in total. The van der Waals surface area contributed by atoms with Crippen LogP contribution in [0.25, 0.3) is 0 Å². The van der Waals surface area contributed by atoms with Crippen LogP contribution in [0.2, 0.25) is 0 Å². The maximum Gasteiger partial charge on any atom is 0.226 e. The number of hydrogen-bond donors (Lipinski definition) is 12. The molecule has 4 heterocycles. The van der Waals surface area contributed by atoms with E-state index in [9.17, 15) is 61.3 Å². The van der Waals surface area contributed by atoms with Crippen molar-refractivity contribution >= 4 is 0 Å². The minimum absolute atomic E-state index is 0.205. The minimum atomic E-state index is -2.78. The largest absolute Gasteiger partial charge is 0.395 e. The van der Waals surface area contributed by atoms with Gasteiger partial charge in [-0.1, -0.05) is 30.0 Å². The second-order valence-corrected chi connectivity index (χ2v) is 12.7. The van der Waals surface area contributed by atoms with Crippen LogP contribution in [0.4, 0.5) is 0 Å². The van der Waals surface area contributed by atoms with Gasteiger partial charge >= 0.3 is 0 Å². The molecule has 16 atom stereocenters. The highest BCUT2D eigenvalue weighted by molar-refractivity contribution is 5.35. The van der Waals surface area contributed by atoms with Gasteiger partial charge in [-0.3, -0.25) is 4.90 Å². The summed E-state index contributed by atoms with van der Waals surface area (Å²) in [6.07, 6.45) is -20.8. The molecule has 0 aromatic heterocycles. The molecule has 4 aliphatic heterocycles. The molecule has 5 rings (SSSR count). The minimum Gasteiger partial charge on any atom is -0.395 e. The zero-order chi connectivity index (χ0) is 35.7. The average molecular weight is 704 g/mol. The van der Waals surface area contributed by atoms with Gasteiger partial charge in [0.15, 0.2) is 12.6 Å². The lowest BCUT2D eigenvalue weighted by atomic mass is 9.92. The van der Waals surface area contributed by atoms with E-state index in [1.54, 1.807) is 24.3 Å². The Hall–Kier alpha value is -1.94. The third-order valence-electron chi connectivity index (χ3n) is 9.46. The second-order valence-electron chi connectivity index (χ2n) is 12.7. The zero-order valence-electron chi connectivity index (χ0n) is 26.3.